The summed E-state index contributed by atoms with van der Waals surface area (Å²) in [5, 5.41) is 21.4. The van der Waals surface area contributed by atoms with E-state index in [9.17, 15) is 15.2 Å². The first kappa shape index (κ1) is 23.1. The fraction of sp³-hybridized carbons (Fsp3) is 0.0714. The van der Waals surface area contributed by atoms with Gasteiger partial charge in [0.05, 0.1) is 27.8 Å². The van der Waals surface area contributed by atoms with Gasteiger partial charge in [0.15, 0.2) is 11.6 Å². The molecule has 5 aromatic rings. The molecule has 8 heteroatoms. The van der Waals surface area contributed by atoms with E-state index < -0.39 is 18.3 Å². The highest BCUT2D eigenvalue weighted by Gasteiger charge is 2.22. The van der Waals surface area contributed by atoms with E-state index in [2.05, 4.69) is 9.97 Å². The average molecular weight is 495 g/mol. The summed E-state index contributed by atoms with van der Waals surface area (Å²) in [6.45, 7) is 1.29. The molecular weight excluding hydrogens is 476 g/mol. The van der Waals surface area contributed by atoms with Crippen LogP contribution in [0.25, 0.3) is 38.8 Å². The van der Waals surface area contributed by atoms with Crippen LogP contribution in [0.5, 0.6) is 0 Å². The van der Waals surface area contributed by atoms with E-state index in [1.165, 1.54) is 0 Å². The Bertz CT molecular complexity index is 1680. The number of rotatable bonds is 5. The van der Waals surface area contributed by atoms with Crippen LogP contribution in [0.3, 0.4) is 0 Å². The molecule has 0 aliphatic carbocycles. The summed E-state index contributed by atoms with van der Waals surface area (Å²) in [6, 6.07) is 23.7. The number of carbonyl (C=O) groups excluding carboxylic acids is 1. The Labute approximate surface area is 211 Å². The van der Waals surface area contributed by atoms with Gasteiger partial charge in [0.25, 0.3) is 0 Å². The molecule has 0 spiro atoms. The minimum Gasteiger partial charge on any atom is -0.507 e. The number of H-pyrrole nitrogens is 1. The first-order valence-electron chi connectivity index (χ1n) is 11.1. The number of hydrogen-bond acceptors (Lipinski definition) is 6. The maximum atomic E-state index is 13.3. The van der Waals surface area contributed by atoms with E-state index in [1.807, 2.05) is 54.6 Å². The Morgan fingerprint density at radius 3 is 2.56 bits per heavy atom. The molecule has 0 amide bonds. The standard InChI is InChI=1S/C28H19ClN4O3/c1-16-25(19-9-2-3-10-21(19)31-26(16)17-7-6-8-18(29)13-17)28(35)36-15-24(34)20(14-30)27-32-22-11-4-5-12-23(22)33-27/h2-13,34H,15H2,1H3,(H,32,33)/b24-20+. The lowest BCUT2D eigenvalue weighted by molar-refractivity contribution is 0.0504. The number of nitriles is 1. The molecule has 0 saturated heterocycles. The normalized spacial score (nSPS) is 11.8. The first-order valence-corrected chi connectivity index (χ1v) is 11.4. The molecule has 176 valence electrons. The van der Waals surface area contributed by atoms with E-state index in [1.54, 1.807) is 31.2 Å². The van der Waals surface area contributed by atoms with Crippen molar-refractivity contribution in [2.24, 2.45) is 0 Å². The number of allylic oxidation sites excluding steroid dienone is 1. The third-order valence-corrected chi connectivity index (χ3v) is 6.04. The first-order chi connectivity index (χ1) is 17.5. The number of aliphatic hydroxyl groups is 1. The quantitative estimate of drug-likeness (QED) is 0.166. The minimum atomic E-state index is -0.650. The predicted octanol–water partition coefficient (Wildman–Crippen LogP) is 6.39. The number of esters is 1. The van der Waals surface area contributed by atoms with E-state index in [0.717, 1.165) is 11.1 Å². The Balaban J connectivity index is 1.50. The lowest BCUT2D eigenvalue weighted by atomic mass is 9.98. The van der Waals surface area contributed by atoms with Crippen molar-refractivity contribution in [1.82, 2.24) is 15.0 Å². The van der Waals surface area contributed by atoms with E-state index >= 15 is 0 Å². The number of nitrogens with zero attached hydrogens (tertiary/aromatic N) is 3. The van der Waals surface area contributed by atoms with Gasteiger partial charge >= 0.3 is 5.97 Å². The maximum Gasteiger partial charge on any atom is 0.339 e. The molecule has 3 aromatic carbocycles. The van der Waals surface area contributed by atoms with E-state index in [-0.39, 0.29) is 11.4 Å². The van der Waals surface area contributed by atoms with Gasteiger partial charge in [-0.2, -0.15) is 5.26 Å². The zero-order chi connectivity index (χ0) is 25.2. The number of aromatic nitrogens is 3. The summed E-state index contributed by atoms with van der Waals surface area (Å²) >= 11 is 6.19. The number of nitrogens with one attached hydrogen (secondary N) is 1. The molecule has 36 heavy (non-hydrogen) atoms. The van der Waals surface area contributed by atoms with Crippen LogP contribution in [0.2, 0.25) is 5.02 Å². The molecule has 5 rings (SSSR count). The van der Waals surface area contributed by atoms with Crippen molar-refractivity contribution in [2.75, 3.05) is 6.61 Å². The van der Waals surface area contributed by atoms with Crippen molar-refractivity contribution in [3.8, 4) is 17.3 Å². The van der Waals surface area contributed by atoms with Crippen LogP contribution in [0.1, 0.15) is 21.7 Å². The third-order valence-electron chi connectivity index (χ3n) is 5.80. The number of aliphatic hydroxyl groups excluding tert-OH is 1. The molecule has 0 aliphatic rings. The van der Waals surface area contributed by atoms with Crippen LogP contribution in [0.15, 0.2) is 78.6 Å². The van der Waals surface area contributed by atoms with Crippen molar-refractivity contribution < 1.29 is 14.6 Å². The molecule has 0 atom stereocenters. The minimum absolute atomic E-state index is 0.102. The third kappa shape index (κ3) is 4.26. The maximum absolute atomic E-state index is 13.3. The molecule has 2 aromatic heterocycles. The van der Waals surface area contributed by atoms with Gasteiger partial charge in [-0.25, -0.2) is 14.8 Å². The highest BCUT2D eigenvalue weighted by Crippen LogP contribution is 2.31. The van der Waals surface area contributed by atoms with Crippen LogP contribution >= 0.6 is 11.6 Å². The number of carbonyl (C=O) groups is 1. The van der Waals surface area contributed by atoms with Crippen molar-refractivity contribution in [3.63, 3.8) is 0 Å². The number of halogens is 1. The van der Waals surface area contributed by atoms with Crippen LogP contribution in [-0.4, -0.2) is 32.6 Å². The van der Waals surface area contributed by atoms with Crippen LogP contribution in [0.4, 0.5) is 0 Å². The summed E-state index contributed by atoms with van der Waals surface area (Å²) in [4.78, 5) is 25.4. The van der Waals surface area contributed by atoms with E-state index in [0.29, 0.717) is 38.3 Å². The van der Waals surface area contributed by atoms with Gasteiger partial charge in [-0.1, -0.05) is 54.1 Å². The molecule has 2 N–H and O–H groups in total. The van der Waals surface area contributed by atoms with Crippen LogP contribution in [-0.2, 0) is 4.74 Å². The SMILES string of the molecule is Cc1c(-c2cccc(Cl)c2)nc2ccccc2c1C(=O)OC/C(O)=C(/C#N)c1nc2ccccc2[nH]1. The Morgan fingerprint density at radius 2 is 1.81 bits per heavy atom. The number of imidazole rings is 1. The van der Waals surface area contributed by atoms with Crippen molar-refractivity contribution in [1.29, 1.82) is 5.26 Å². The predicted molar refractivity (Wildman–Crippen MR) is 138 cm³/mol. The number of aromatic amines is 1. The Hall–Kier alpha value is -4.67. The molecule has 7 nitrogen and oxygen atoms in total. The molecule has 0 saturated carbocycles. The molecule has 0 unspecified atom stereocenters. The number of benzene rings is 3. The molecule has 0 aliphatic heterocycles. The Morgan fingerprint density at radius 1 is 1.06 bits per heavy atom. The fourth-order valence-corrected chi connectivity index (χ4v) is 4.28. The number of pyridine rings is 1. The topological polar surface area (TPSA) is 112 Å². The van der Waals surface area contributed by atoms with E-state index in [4.69, 9.17) is 21.3 Å². The number of hydrogen-bond donors (Lipinski definition) is 2. The summed E-state index contributed by atoms with van der Waals surface area (Å²) in [5.41, 5.74) is 4.18. The Kier molecular flexibility index (Phi) is 6.11. The molecule has 2 heterocycles. The number of para-hydroxylation sites is 3. The van der Waals surface area contributed by atoms with Gasteiger partial charge in [0.2, 0.25) is 0 Å². The van der Waals surface area contributed by atoms with Gasteiger partial charge in [-0.3, -0.25) is 0 Å². The van der Waals surface area contributed by atoms with Crippen LogP contribution < -0.4 is 0 Å². The fourth-order valence-electron chi connectivity index (χ4n) is 4.09. The second-order valence-electron chi connectivity index (χ2n) is 8.10. The summed E-state index contributed by atoms with van der Waals surface area (Å²) < 4.78 is 5.48. The lowest BCUT2D eigenvalue weighted by Gasteiger charge is -2.14. The second kappa shape index (κ2) is 9.53. The number of fused-ring (bicyclic) bond motifs is 2. The van der Waals surface area contributed by atoms with Crippen molar-refractivity contribution in [3.05, 3.63) is 101 Å². The molecule has 0 radical (unpaired) electrons. The van der Waals surface area contributed by atoms with Gasteiger partial charge < -0.3 is 14.8 Å². The smallest absolute Gasteiger partial charge is 0.339 e. The molecule has 0 fully saturated rings. The zero-order valence-corrected chi connectivity index (χ0v) is 19.9. The highest BCUT2D eigenvalue weighted by atomic mass is 35.5. The van der Waals surface area contributed by atoms with Gasteiger partial charge in [-0.05, 0) is 42.8 Å². The highest BCUT2D eigenvalue weighted by molar-refractivity contribution is 6.30. The molecule has 0 bridgehead atoms. The summed E-state index contributed by atoms with van der Waals surface area (Å²) in [6.07, 6.45) is 0. The molecular formula is C28H19ClN4O3. The largest absolute Gasteiger partial charge is 0.507 e. The van der Waals surface area contributed by atoms with Crippen molar-refractivity contribution in [2.45, 2.75) is 6.92 Å². The second-order valence-corrected chi connectivity index (χ2v) is 8.54. The number of ether oxygens (including phenoxy) is 1. The van der Waals surface area contributed by atoms with Gasteiger partial charge in [-0.15, -0.1) is 0 Å². The average Bonchev–Trinajstić information content (AvgIpc) is 3.31. The lowest BCUT2D eigenvalue weighted by Crippen LogP contribution is -2.12. The monoisotopic (exact) mass is 494 g/mol. The summed E-state index contributed by atoms with van der Waals surface area (Å²) in [5.74, 6) is -0.861. The van der Waals surface area contributed by atoms with Crippen LogP contribution in [0, 0.1) is 18.3 Å². The van der Waals surface area contributed by atoms with Gasteiger partial charge in [0, 0.05) is 16.0 Å². The van der Waals surface area contributed by atoms with Crippen molar-refractivity contribution >= 4 is 45.1 Å². The zero-order valence-electron chi connectivity index (χ0n) is 19.1. The van der Waals surface area contributed by atoms with Gasteiger partial charge in [0.1, 0.15) is 18.2 Å². The summed E-state index contributed by atoms with van der Waals surface area (Å²) in [7, 11) is 0.